The molecule has 0 aromatic heterocycles. The lowest BCUT2D eigenvalue weighted by Crippen LogP contribution is -1.95. The second-order valence-corrected chi connectivity index (χ2v) is 9.91. The lowest BCUT2D eigenvalue weighted by Gasteiger charge is -2.11. The average molecular weight is 441 g/mol. The molecule has 0 radical (unpaired) electrons. The van der Waals surface area contributed by atoms with Crippen molar-refractivity contribution in [3.8, 4) is 0 Å². The number of aliphatic hydroxyl groups excluding tert-OH is 1. The van der Waals surface area contributed by atoms with Crippen molar-refractivity contribution in [1.29, 1.82) is 0 Å². The van der Waals surface area contributed by atoms with E-state index in [1.165, 1.54) is 52.7 Å². The molecule has 1 heteroatoms. The zero-order chi connectivity index (χ0) is 24.4. The molecule has 32 heavy (non-hydrogen) atoms. The van der Waals surface area contributed by atoms with Gasteiger partial charge in [-0.1, -0.05) is 76.8 Å². The Morgan fingerprint density at radius 1 is 0.562 bits per heavy atom. The van der Waals surface area contributed by atoms with E-state index < -0.39 is 0 Å². The molecule has 0 heterocycles. The molecule has 1 nitrogen and oxygen atoms in total. The quantitative estimate of drug-likeness (QED) is 0.237. The van der Waals surface area contributed by atoms with Gasteiger partial charge in [-0.15, -0.1) is 0 Å². The van der Waals surface area contributed by atoms with Crippen LogP contribution in [0.4, 0.5) is 0 Å². The highest BCUT2D eigenvalue weighted by atomic mass is 16.2. The monoisotopic (exact) mass is 440 g/mol. The summed E-state index contributed by atoms with van der Waals surface area (Å²) in [4.78, 5) is 0. The number of hydrogen-bond acceptors (Lipinski definition) is 1. The fourth-order valence-electron chi connectivity index (χ4n) is 3.54. The lowest BCUT2D eigenvalue weighted by atomic mass is 9.95. The van der Waals surface area contributed by atoms with Gasteiger partial charge in [-0.05, 0) is 112 Å². The molecule has 0 amide bonds. The predicted octanol–water partition coefficient (Wildman–Crippen LogP) is 9.82. The Morgan fingerprint density at radius 2 is 0.969 bits per heavy atom. The van der Waals surface area contributed by atoms with E-state index in [4.69, 9.17) is 5.11 Å². The van der Waals surface area contributed by atoms with E-state index in [0.717, 1.165) is 38.5 Å². The molecule has 0 saturated heterocycles. The highest BCUT2D eigenvalue weighted by Crippen LogP contribution is 2.19. The summed E-state index contributed by atoms with van der Waals surface area (Å²) in [6.07, 6.45) is 24.1. The van der Waals surface area contributed by atoms with Crippen LogP contribution in [0.15, 0.2) is 69.9 Å². The molecule has 0 rings (SSSR count). The van der Waals surface area contributed by atoms with Crippen molar-refractivity contribution in [2.24, 2.45) is 5.92 Å². The van der Waals surface area contributed by atoms with Crippen LogP contribution >= 0.6 is 0 Å². The van der Waals surface area contributed by atoms with E-state index in [1.807, 2.05) is 6.08 Å². The average Bonchev–Trinajstić information content (AvgIpc) is 2.71. The van der Waals surface area contributed by atoms with Crippen molar-refractivity contribution in [3.63, 3.8) is 0 Å². The molecule has 0 fully saturated rings. The van der Waals surface area contributed by atoms with Crippen LogP contribution in [0, 0.1) is 5.92 Å². The minimum atomic E-state index is 0.152. The standard InChI is InChI=1S/C31H52O/c1-25(2)13-9-14-26(3)15-10-17-28(5)21-22-31(8)30(7)20-12-19-27(4)16-11-18-29(6)23-24-32/h13,15-16,20-21,23,31-32H,9-12,14,17-19,22,24H2,1-8H3/b26-15+,27-16+,28-21+,29-23+,30-20+. The normalized spacial score (nSPS) is 15.2. The van der Waals surface area contributed by atoms with Crippen molar-refractivity contribution in [2.45, 2.75) is 113 Å². The summed E-state index contributed by atoms with van der Waals surface area (Å²) in [6.45, 7) is 18.0. The van der Waals surface area contributed by atoms with Crippen LogP contribution in [0.2, 0.25) is 0 Å². The number of aliphatic hydroxyl groups is 1. The van der Waals surface area contributed by atoms with Crippen LogP contribution in [0.3, 0.4) is 0 Å². The summed E-state index contributed by atoms with van der Waals surface area (Å²) in [5.74, 6) is 0.613. The molecule has 1 atom stereocenters. The second kappa shape index (κ2) is 18.9. The smallest absolute Gasteiger partial charge is 0.0614 e. The van der Waals surface area contributed by atoms with E-state index >= 15 is 0 Å². The molecular formula is C31H52O. The Kier molecular flexibility index (Phi) is 18.0. The van der Waals surface area contributed by atoms with Crippen molar-refractivity contribution in [3.05, 3.63) is 69.9 Å². The fourth-order valence-corrected chi connectivity index (χ4v) is 3.54. The maximum atomic E-state index is 8.92. The summed E-state index contributed by atoms with van der Waals surface area (Å²) in [5, 5.41) is 8.92. The minimum absolute atomic E-state index is 0.152. The zero-order valence-corrected chi connectivity index (χ0v) is 22.6. The molecule has 1 N–H and O–H groups in total. The molecule has 0 spiro atoms. The summed E-state index contributed by atoms with van der Waals surface area (Å²) in [5.41, 5.74) is 8.71. The van der Waals surface area contributed by atoms with Gasteiger partial charge >= 0.3 is 0 Å². The van der Waals surface area contributed by atoms with Gasteiger partial charge in [-0.25, -0.2) is 0 Å². The summed E-state index contributed by atoms with van der Waals surface area (Å²) in [6, 6.07) is 0. The van der Waals surface area contributed by atoms with Crippen LogP contribution in [0.1, 0.15) is 113 Å². The van der Waals surface area contributed by atoms with Crippen molar-refractivity contribution in [1.82, 2.24) is 0 Å². The van der Waals surface area contributed by atoms with Crippen LogP contribution in [0.5, 0.6) is 0 Å². The number of allylic oxidation sites excluding steroid dienone is 11. The first-order chi connectivity index (χ1) is 15.1. The first kappa shape index (κ1) is 30.4. The third-order valence-corrected chi connectivity index (χ3v) is 6.20. The molecule has 0 aliphatic rings. The van der Waals surface area contributed by atoms with Gasteiger partial charge < -0.3 is 5.11 Å². The van der Waals surface area contributed by atoms with Gasteiger partial charge in [-0.3, -0.25) is 0 Å². The van der Waals surface area contributed by atoms with E-state index in [9.17, 15) is 0 Å². The summed E-state index contributed by atoms with van der Waals surface area (Å²) in [7, 11) is 0. The highest BCUT2D eigenvalue weighted by Gasteiger charge is 2.03. The van der Waals surface area contributed by atoms with Gasteiger partial charge in [0.2, 0.25) is 0 Å². The van der Waals surface area contributed by atoms with Gasteiger partial charge in [-0.2, -0.15) is 0 Å². The molecular weight excluding hydrogens is 388 g/mol. The van der Waals surface area contributed by atoms with Crippen molar-refractivity contribution < 1.29 is 5.11 Å². The van der Waals surface area contributed by atoms with E-state index in [2.05, 4.69) is 85.8 Å². The molecule has 0 saturated carbocycles. The SMILES string of the molecule is CC(C)=CCC/C(C)=C/CC/C(C)=C/CC(C)/C(C)=C/CC/C(C)=C/CC/C(C)=C/CO. The maximum Gasteiger partial charge on any atom is 0.0614 e. The molecule has 0 bridgehead atoms. The van der Waals surface area contributed by atoms with Crippen molar-refractivity contribution >= 4 is 0 Å². The van der Waals surface area contributed by atoms with E-state index in [1.54, 1.807) is 0 Å². The molecule has 0 aromatic rings. The van der Waals surface area contributed by atoms with Crippen LogP contribution in [-0.2, 0) is 0 Å². The summed E-state index contributed by atoms with van der Waals surface area (Å²) >= 11 is 0. The lowest BCUT2D eigenvalue weighted by molar-refractivity contribution is 0.341. The molecule has 0 aliphatic heterocycles. The largest absolute Gasteiger partial charge is 0.392 e. The summed E-state index contributed by atoms with van der Waals surface area (Å²) < 4.78 is 0. The van der Waals surface area contributed by atoms with Gasteiger partial charge in [0.25, 0.3) is 0 Å². The molecule has 0 aliphatic carbocycles. The van der Waals surface area contributed by atoms with Gasteiger partial charge in [0.15, 0.2) is 0 Å². The van der Waals surface area contributed by atoms with E-state index in [-0.39, 0.29) is 6.61 Å². The first-order valence-corrected chi connectivity index (χ1v) is 12.7. The number of rotatable bonds is 16. The van der Waals surface area contributed by atoms with Crippen LogP contribution in [0.25, 0.3) is 0 Å². The van der Waals surface area contributed by atoms with Crippen molar-refractivity contribution in [2.75, 3.05) is 6.61 Å². The Labute approximate surface area is 200 Å². The zero-order valence-electron chi connectivity index (χ0n) is 22.6. The van der Waals surface area contributed by atoms with Gasteiger partial charge in [0, 0.05) is 0 Å². The molecule has 182 valence electrons. The van der Waals surface area contributed by atoms with Crippen LogP contribution in [-0.4, -0.2) is 11.7 Å². The third-order valence-electron chi connectivity index (χ3n) is 6.20. The Bertz CT molecular complexity index is 690. The molecule has 1 unspecified atom stereocenters. The Balaban J connectivity index is 4.29. The topological polar surface area (TPSA) is 20.2 Å². The van der Waals surface area contributed by atoms with E-state index in [0.29, 0.717) is 5.92 Å². The van der Waals surface area contributed by atoms with Gasteiger partial charge in [0.1, 0.15) is 0 Å². The fraction of sp³-hybridized carbons (Fsp3) is 0.613. The Morgan fingerprint density at radius 3 is 1.44 bits per heavy atom. The number of hydrogen-bond donors (Lipinski definition) is 1. The molecule has 0 aromatic carbocycles. The van der Waals surface area contributed by atoms with Gasteiger partial charge in [0.05, 0.1) is 6.61 Å². The first-order valence-electron chi connectivity index (χ1n) is 12.7. The predicted molar refractivity (Wildman–Crippen MR) is 146 cm³/mol. The Hall–Kier alpha value is -1.60. The maximum absolute atomic E-state index is 8.92. The minimum Gasteiger partial charge on any atom is -0.392 e. The van der Waals surface area contributed by atoms with Crippen LogP contribution < -0.4 is 0 Å². The second-order valence-electron chi connectivity index (χ2n) is 9.91. The highest BCUT2D eigenvalue weighted by molar-refractivity contribution is 5.10. The third kappa shape index (κ3) is 18.0.